The van der Waals surface area contributed by atoms with E-state index in [0.29, 0.717) is 0 Å². The van der Waals surface area contributed by atoms with E-state index in [9.17, 15) is 0 Å². The van der Waals surface area contributed by atoms with Gasteiger partial charge in [-0.3, -0.25) is 0 Å². The molecule has 0 aliphatic heterocycles. The molecular weight excluding hydrogens is 627 g/mol. The molecule has 242 valence electrons. The minimum Gasteiger partial charge on any atom is -0.246 e. The second-order valence-corrected chi connectivity index (χ2v) is 13.5. The Hall–Kier alpha value is -6.83. The van der Waals surface area contributed by atoms with Crippen LogP contribution in [-0.2, 0) is 0 Å². The first-order valence-corrected chi connectivity index (χ1v) is 17.9. The highest BCUT2D eigenvalue weighted by Gasteiger charge is 2.16. The number of hydrogen-bond donors (Lipinski definition) is 0. The van der Waals surface area contributed by atoms with Crippen molar-refractivity contribution in [2.75, 3.05) is 0 Å². The van der Waals surface area contributed by atoms with Gasteiger partial charge < -0.3 is 0 Å². The smallest absolute Gasteiger partial charge is 0.0788 e. The molecule has 0 spiro atoms. The van der Waals surface area contributed by atoms with Crippen LogP contribution in [0.5, 0.6) is 0 Å². The van der Waals surface area contributed by atoms with Crippen LogP contribution in [0.3, 0.4) is 0 Å². The number of benzene rings is 9. The second kappa shape index (κ2) is 12.5. The molecule has 1 heterocycles. The van der Waals surface area contributed by atoms with Crippen molar-refractivity contribution in [2.24, 2.45) is 0 Å². The van der Waals surface area contributed by atoms with Crippen molar-refractivity contribution >= 4 is 43.4 Å². The van der Waals surface area contributed by atoms with Gasteiger partial charge in [0, 0.05) is 21.5 Å². The number of hydrogen-bond acceptors (Lipinski definition) is 1. The minimum atomic E-state index is 1.02. The minimum absolute atomic E-state index is 1.02. The average Bonchev–Trinajstić information content (AvgIpc) is 3.23. The van der Waals surface area contributed by atoms with Gasteiger partial charge >= 0.3 is 0 Å². The summed E-state index contributed by atoms with van der Waals surface area (Å²) in [5.74, 6) is 0. The highest BCUT2D eigenvalue weighted by Crippen LogP contribution is 2.41. The van der Waals surface area contributed by atoms with Crippen molar-refractivity contribution in [3.05, 3.63) is 200 Å². The van der Waals surface area contributed by atoms with Crippen LogP contribution < -0.4 is 0 Å². The van der Waals surface area contributed by atoms with Gasteiger partial charge in [0.15, 0.2) is 0 Å². The lowest BCUT2D eigenvalue weighted by molar-refractivity contribution is 1.53. The summed E-state index contributed by atoms with van der Waals surface area (Å²) in [6, 6.07) is 72.3. The third-order valence-corrected chi connectivity index (χ3v) is 10.4. The zero-order valence-electron chi connectivity index (χ0n) is 28.5. The molecule has 0 atom stereocenters. The molecule has 0 saturated heterocycles. The molecule has 10 rings (SSSR count). The Bertz CT molecular complexity index is 2900. The van der Waals surface area contributed by atoms with Crippen molar-refractivity contribution in [3.8, 4) is 55.6 Å². The van der Waals surface area contributed by atoms with Crippen molar-refractivity contribution in [1.29, 1.82) is 0 Å². The predicted molar refractivity (Wildman–Crippen MR) is 221 cm³/mol. The Morgan fingerprint density at radius 3 is 0.981 bits per heavy atom. The van der Waals surface area contributed by atoms with Gasteiger partial charge in [0.2, 0.25) is 0 Å². The summed E-state index contributed by atoms with van der Waals surface area (Å²) < 4.78 is 0. The molecule has 0 unspecified atom stereocenters. The Labute approximate surface area is 303 Å². The highest BCUT2D eigenvalue weighted by atomic mass is 14.7. The van der Waals surface area contributed by atoms with Gasteiger partial charge in [-0.2, -0.15) is 0 Å². The number of pyridine rings is 1. The maximum absolute atomic E-state index is 5.55. The van der Waals surface area contributed by atoms with Crippen LogP contribution in [0, 0.1) is 0 Å². The van der Waals surface area contributed by atoms with E-state index in [0.717, 1.165) is 32.6 Å². The molecule has 1 aromatic heterocycles. The van der Waals surface area contributed by atoms with Crippen molar-refractivity contribution in [3.63, 3.8) is 0 Å². The summed E-state index contributed by atoms with van der Waals surface area (Å²) in [5.41, 5.74) is 14.1. The Morgan fingerprint density at radius 1 is 0.231 bits per heavy atom. The predicted octanol–water partition coefficient (Wildman–Crippen LogP) is 14.0. The van der Waals surface area contributed by atoms with Gasteiger partial charge in [-0.15, -0.1) is 0 Å². The molecule has 0 N–H and O–H groups in total. The van der Waals surface area contributed by atoms with Gasteiger partial charge in [0.05, 0.1) is 11.0 Å². The second-order valence-electron chi connectivity index (χ2n) is 13.5. The van der Waals surface area contributed by atoms with E-state index >= 15 is 0 Å². The fraction of sp³-hybridized carbons (Fsp3) is 0. The lowest BCUT2D eigenvalue weighted by Crippen LogP contribution is -1.92. The normalized spacial score (nSPS) is 11.5. The maximum atomic E-state index is 5.55. The molecule has 0 aliphatic rings. The molecule has 0 saturated carbocycles. The molecule has 0 fully saturated rings. The monoisotopic (exact) mass is 659 g/mol. The summed E-state index contributed by atoms with van der Waals surface area (Å²) in [5, 5.41) is 7.00. The molecule has 1 nitrogen and oxygen atoms in total. The summed E-state index contributed by atoms with van der Waals surface area (Å²) in [4.78, 5) is 5.55. The Balaban J connectivity index is 1.21. The lowest BCUT2D eigenvalue weighted by atomic mass is 9.90. The first-order chi connectivity index (χ1) is 25.8. The summed E-state index contributed by atoms with van der Waals surface area (Å²) in [7, 11) is 0. The molecule has 0 amide bonds. The Kier molecular flexibility index (Phi) is 7.22. The van der Waals surface area contributed by atoms with E-state index in [4.69, 9.17) is 4.98 Å². The van der Waals surface area contributed by atoms with Crippen molar-refractivity contribution < 1.29 is 0 Å². The van der Waals surface area contributed by atoms with Crippen LogP contribution in [-0.4, -0.2) is 4.98 Å². The average molecular weight is 660 g/mol. The van der Waals surface area contributed by atoms with E-state index in [1.54, 1.807) is 0 Å². The third kappa shape index (κ3) is 5.23. The fourth-order valence-electron chi connectivity index (χ4n) is 7.80. The molecule has 0 bridgehead atoms. The van der Waals surface area contributed by atoms with Crippen LogP contribution in [0.2, 0.25) is 0 Å². The maximum Gasteiger partial charge on any atom is 0.0788 e. The van der Waals surface area contributed by atoms with Gasteiger partial charge in [-0.05, 0) is 96.7 Å². The first-order valence-electron chi connectivity index (χ1n) is 17.9. The van der Waals surface area contributed by atoms with Crippen LogP contribution in [0.25, 0.3) is 99.0 Å². The van der Waals surface area contributed by atoms with Gasteiger partial charge in [0.1, 0.15) is 0 Å². The van der Waals surface area contributed by atoms with Crippen LogP contribution in [0.4, 0.5) is 0 Å². The molecular formula is C51H33N. The van der Waals surface area contributed by atoms with E-state index in [1.165, 1.54) is 66.4 Å². The zero-order chi connectivity index (χ0) is 34.4. The summed E-state index contributed by atoms with van der Waals surface area (Å²) >= 11 is 0. The number of aromatic nitrogens is 1. The van der Waals surface area contributed by atoms with Crippen molar-refractivity contribution in [1.82, 2.24) is 4.98 Å². The first kappa shape index (κ1) is 30.0. The fourth-order valence-corrected chi connectivity index (χ4v) is 7.80. The molecule has 52 heavy (non-hydrogen) atoms. The summed E-state index contributed by atoms with van der Waals surface area (Å²) in [6.07, 6.45) is 0. The molecule has 0 radical (unpaired) electrons. The Morgan fingerprint density at radius 2 is 0.558 bits per heavy atom. The van der Waals surface area contributed by atoms with E-state index in [-0.39, 0.29) is 0 Å². The third-order valence-electron chi connectivity index (χ3n) is 10.4. The van der Waals surface area contributed by atoms with E-state index in [2.05, 4.69) is 200 Å². The van der Waals surface area contributed by atoms with Gasteiger partial charge in [-0.25, -0.2) is 4.98 Å². The largest absolute Gasteiger partial charge is 0.246 e. The SMILES string of the molecule is c1ccc(-c2ccc(-c3ccc4c(c3)c(-c3ccccc3)cc3cc5cc(-c6ccccc6)c6cc(-c7ccccc7)ccc6c5nc34)cc2)cc1. The van der Waals surface area contributed by atoms with Gasteiger partial charge in [0.25, 0.3) is 0 Å². The number of fused-ring (bicyclic) bond motifs is 6. The van der Waals surface area contributed by atoms with Crippen LogP contribution in [0.15, 0.2) is 200 Å². The quantitative estimate of drug-likeness (QED) is 0.132. The molecule has 10 aromatic rings. The van der Waals surface area contributed by atoms with E-state index in [1.807, 2.05) is 0 Å². The van der Waals surface area contributed by atoms with Crippen LogP contribution in [0.1, 0.15) is 0 Å². The standard InChI is InChI=1S/C51H33N/c1-5-13-34(14-6-1)36-21-23-37(24-22-36)41-26-28-45-49(31-41)47(39-19-11-4-12-20-39)33-43-29-42-32-46(38-17-9-3-10-18-38)48-30-40(35-15-7-2-8-16-35)25-27-44(48)50(42)52-51(43)45/h1-33H. The lowest BCUT2D eigenvalue weighted by Gasteiger charge is -2.16. The van der Waals surface area contributed by atoms with Crippen molar-refractivity contribution in [2.45, 2.75) is 0 Å². The highest BCUT2D eigenvalue weighted by molar-refractivity contribution is 6.19. The number of rotatable bonds is 5. The molecule has 1 heteroatoms. The molecule has 9 aromatic carbocycles. The van der Waals surface area contributed by atoms with Gasteiger partial charge in [-0.1, -0.05) is 170 Å². The molecule has 0 aliphatic carbocycles. The zero-order valence-corrected chi connectivity index (χ0v) is 28.5. The summed E-state index contributed by atoms with van der Waals surface area (Å²) in [6.45, 7) is 0. The topological polar surface area (TPSA) is 12.9 Å². The van der Waals surface area contributed by atoms with E-state index < -0.39 is 0 Å². The number of nitrogens with zero attached hydrogens (tertiary/aromatic N) is 1. The van der Waals surface area contributed by atoms with Crippen LogP contribution >= 0.6 is 0 Å².